The van der Waals surface area contributed by atoms with Gasteiger partial charge in [0.2, 0.25) is 0 Å². The Labute approximate surface area is 125 Å². The van der Waals surface area contributed by atoms with E-state index in [1.807, 2.05) is 49.4 Å². The first-order valence-corrected chi connectivity index (χ1v) is 6.93. The monoisotopic (exact) mass is 284 g/mol. The zero-order chi connectivity index (χ0) is 15.2. The SMILES string of the molecule is CCOc1ccccc1C(=O)N(C)Cc1cccc(N)c1. The molecule has 0 spiro atoms. The average molecular weight is 284 g/mol. The van der Waals surface area contributed by atoms with Crippen molar-refractivity contribution >= 4 is 11.6 Å². The van der Waals surface area contributed by atoms with Crippen molar-refractivity contribution in [2.75, 3.05) is 19.4 Å². The van der Waals surface area contributed by atoms with Crippen LogP contribution in [0.1, 0.15) is 22.8 Å². The molecule has 0 radical (unpaired) electrons. The van der Waals surface area contributed by atoms with E-state index < -0.39 is 0 Å². The minimum Gasteiger partial charge on any atom is -0.493 e. The van der Waals surface area contributed by atoms with Crippen molar-refractivity contribution in [1.82, 2.24) is 4.90 Å². The molecular formula is C17H20N2O2. The summed E-state index contributed by atoms with van der Waals surface area (Å²) in [6, 6.07) is 14.8. The molecule has 2 rings (SSSR count). The van der Waals surface area contributed by atoms with E-state index in [9.17, 15) is 4.79 Å². The summed E-state index contributed by atoms with van der Waals surface area (Å²) in [5.41, 5.74) is 8.03. The Balaban J connectivity index is 2.16. The Morgan fingerprint density at radius 3 is 2.67 bits per heavy atom. The van der Waals surface area contributed by atoms with E-state index in [0.717, 1.165) is 5.56 Å². The Morgan fingerprint density at radius 1 is 1.19 bits per heavy atom. The normalized spacial score (nSPS) is 10.2. The van der Waals surface area contributed by atoms with Gasteiger partial charge in [-0.25, -0.2) is 0 Å². The maximum atomic E-state index is 12.5. The second-order valence-corrected chi connectivity index (χ2v) is 4.84. The summed E-state index contributed by atoms with van der Waals surface area (Å²) >= 11 is 0. The Hall–Kier alpha value is -2.49. The molecule has 4 heteroatoms. The van der Waals surface area contributed by atoms with Gasteiger partial charge in [0, 0.05) is 19.3 Å². The molecule has 2 N–H and O–H groups in total. The van der Waals surface area contributed by atoms with Crippen LogP contribution in [-0.4, -0.2) is 24.5 Å². The maximum absolute atomic E-state index is 12.5. The van der Waals surface area contributed by atoms with Crippen LogP contribution in [0.15, 0.2) is 48.5 Å². The first-order chi connectivity index (χ1) is 10.1. The van der Waals surface area contributed by atoms with Crippen molar-refractivity contribution in [2.24, 2.45) is 0 Å². The average Bonchev–Trinajstić information content (AvgIpc) is 2.47. The van der Waals surface area contributed by atoms with Gasteiger partial charge in [0.1, 0.15) is 5.75 Å². The number of hydrogen-bond acceptors (Lipinski definition) is 3. The highest BCUT2D eigenvalue weighted by Crippen LogP contribution is 2.20. The molecular weight excluding hydrogens is 264 g/mol. The number of nitrogens with zero attached hydrogens (tertiary/aromatic N) is 1. The lowest BCUT2D eigenvalue weighted by Gasteiger charge is -2.19. The molecule has 0 aliphatic heterocycles. The fraction of sp³-hybridized carbons (Fsp3) is 0.235. The molecule has 0 aromatic heterocycles. The second-order valence-electron chi connectivity index (χ2n) is 4.84. The topological polar surface area (TPSA) is 55.6 Å². The van der Waals surface area contributed by atoms with Gasteiger partial charge in [-0.2, -0.15) is 0 Å². The molecule has 110 valence electrons. The Bertz CT molecular complexity index is 626. The third-order valence-corrected chi connectivity index (χ3v) is 3.13. The van der Waals surface area contributed by atoms with Crippen molar-refractivity contribution < 1.29 is 9.53 Å². The summed E-state index contributed by atoms with van der Waals surface area (Å²) in [5, 5.41) is 0. The zero-order valence-electron chi connectivity index (χ0n) is 12.4. The van der Waals surface area contributed by atoms with Crippen LogP contribution in [0.2, 0.25) is 0 Å². The van der Waals surface area contributed by atoms with Gasteiger partial charge in [0.25, 0.3) is 5.91 Å². The standard InChI is InChI=1S/C17H20N2O2/c1-3-21-16-10-5-4-9-15(16)17(20)19(2)12-13-7-6-8-14(18)11-13/h4-11H,3,12,18H2,1-2H3. The number of nitrogen functional groups attached to an aromatic ring is 1. The number of rotatable bonds is 5. The molecule has 0 fully saturated rings. The van der Waals surface area contributed by atoms with E-state index >= 15 is 0 Å². The fourth-order valence-corrected chi connectivity index (χ4v) is 2.17. The van der Waals surface area contributed by atoms with Gasteiger partial charge in [-0.05, 0) is 36.8 Å². The minimum absolute atomic E-state index is 0.0681. The summed E-state index contributed by atoms with van der Waals surface area (Å²) in [5.74, 6) is 0.547. The van der Waals surface area contributed by atoms with E-state index in [-0.39, 0.29) is 5.91 Å². The summed E-state index contributed by atoms with van der Waals surface area (Å²) in [4.78, 5) is 14.2. The van der Waals surface area contributed by atoms with Gasteiger partial charge in [0.05, 0.1) is 12.2 Å². The van der Waals surface area contributed by atoms with Gasteiger partial charge in [0.15, 0.2) is 0 Å². The predicted molar refractivity (Wildman–Crippen MR) is 84.3 cm³/mol. The molecule has 0 heterocycles. The van der Waals surface area contributed by atoms with E-state index in [1.54, 1.807) is 18.0 Å². The number of amides is 1. The molecule has 2 aromatic rings. The summed E-state index contributed by atoms with van der Waals surface area (Å²) in [7, 11) is 1.77. The molecule has 0 atom stereocenters. The van der Waals surface area contributed by atoms with Crippen molar-refractivity contribution in [1.29, 1.82) is 0 Å². The minimum atomic E-state index is -0.0681. The molecule has 0 aliphatic carbocycles. The van der Waals surface area contributed by atoms with Crippen molar-refractivity contribution in [3.05, 3.63) is 59.7 Å². The van der Waals surface area contributed by atoms with Gasteiger partial charge < -0.3 is 15.4 Å². The largest absolute Gasteiger partial charge is 0.493 e. The lowest BCUT2D eigenvalue weighted by atomic mass is 10.1. The summed E-state index contributed by atoms with van der Waals surface area (Å²) in [6.07, 6.45) is 0. The van der Waals surface area contributed by atoms with Crippen LogP contribution in [-0.2, 0) is 6.54 Å². The van der Waals surface area contributed by atoms with Crippen LogP contribution < -0.4 is 10.5 Å². The number of benzene rings is 2. The van der Waals surface area contributed by atoms with Gasteiger partial charge >= 0.3 is 0 Å². The van der Waals surface area contributed by atoms with Crippen molar-refractivity contribution in [2.45, 2.75) is 13.5 Å². The Morgan fingerprint density at radius 2 is 1.95 bits per heavy atom. The van der Waals surface area contributed by atoms with E-state index in [1.165, 1.54) is 0 Å². The fourth-order valence-electron chi connectivity index (χ4n) is 2.17. The number of hydrogen-bond donors (Lipinski definition) is 1. The third-order valence-electron chi connectivity index (χ3n) is 3.13. The van der Waals surface area contributed by atoms with Crippen LogP contribution in [0.3, 0.4) is 0 Å². The molecule has 0 saturated heterocycles. The number of para-hydroxylation sites is 1. The van der Waals surface area contributed by atoms with E-state index in [0.29, 0.717) is 30.2 Å². The van der Waals surface area contributed by atoms with Crippen LogP contribution in [0, 0.1) is 0 Å². The molecule has 1 amide bonds. The van der Waals surface area contributed by atoms with Crippen molar-refractivity contribution in [3.8, 4) is 5.75 Å². The lowest BCUT2D eigenvalue weighted by Crippen LogP contribution is -2.26. The summed E-state index contributed by atoms with van der Waals surface area (Å²) in [6.45, 7) is 2.94. The maximum Gasteiger partial charge on any atom is 0.257 e. The second kappa shape index (κ2) is 6.79. The van der Waals surface area contributed by atoms with E-state index in [2.05, 4.69) is 0 Å². The van der Waals surface area contributed by atoms with Crippen LogP contribution in [0.5, 0.6) is 5.75 Å². The molecule has 2 aromatic carbocycles. The third kappa shape index (κ3) is 3.75. The molecule has 0 saturated carbocycles. The highest BCUT2D eigenvalue weighted by Gasteiger charge is 2.16. The van der Waals surface area contributed by atoms with Gasteiger partial charge in [-0.3, -0.25) is 4.79 Å². The number of nitrogens with two attached hydrogens (primary N) is 1. The van der Waals surface area contributed by atoms with Crippen LogP contribution in [0.25, 0.3) is 0 Å². The molecule has 4 nitrogen and oxygen atoms in total. The quantitative estimate of drug-likeness (QED) is 0.859. The predicted octanol–water partition coefficient (Wildman–Crippen LogP) is 2.94. The van der Waals surface area contributed by atoms with Crippen LogP contribution >= 0.6 is 0 Å². The molecule has 0 unspecified atom stereocenters. The van der Waals surface area contributed by atoms with E-state index in [4.69, 9.17) is 10.5 Å². The Kier molecular flexibility index (Phi) is 4.82. The highest BCUT2D eigenvalue weighted by atomic mass is 16.5. The van der Waals surface area contributed by atoms with Gasteiger partial charge in [-0.15, -0.1) is 0 Å². The highest BCUT2D eigenvalue weighted by molar-refractivity contribution is 5.96. The zero-order valence-corrected chi connectivity index (χ0v) is 12.4. The first-order valence-electron chi connectivity index (χ1n) is 6.93. The first kappa shape index (κ1) is 14.9. The smallest absolute Gasteiger partial charge is 0.257 e. The number of anilines is 1. The molecule has 21 heavy (non-hydrogen) atoms. The van der Waals surface area contributed by atoms with Crippen LogP contribution in [0.4, 0.5) is 5.69 Å². The lowest BCUT2D eigenvalue weighted by molar-refractivity contribution is 0.0781. The summed E-state index contributed by atoms with van der Waals surface area (Å²) < 4.78 is 5.51. The molecule has 0 bridgehead atoms. The number of carbonyl (C=O) groups excluding carboxylic acids is 1. The molecule has 0 aliphatic rings. The van der Waals surface area contributed by atoms with Crippen molar-refractivity contribution in [3.63, 3.8) is 0 Å². The number of carbonyl (C=O) groups is 1. The van der Waals surface area contributed by atoms with Gasteiger partial charge in [-0.1, -0.05) is 24.3 Å². The number of ether oxygens (including phenoxy) is 1.